The van der Waals surface area contributed by atoms with Gasteiger partial charge in [-0.3, -0.25) is 4.79 Å². The monoisotopic (exact) mass is 282 g/mol. The first-order chi connectivity index (χ1) is 10.1. The first kappa shape index (κ1) is 13.5. The molecule has 0 aliphatic carbocycles. The molecule has 0 saturated carbocycles. The highest BCUT2D eigenvalue weighted by Gasteiger charge is 2.21. The molecule has 1 aliphatic rings. The Morgan fingerprint density at radius 1 is 1.19 bits per heavy atom. The number of nitrogens with one attached hydrogen (secondary N) is 2. The molecule has 0 bridgehead atoms. The van der Waals surface area contributed by atoms with Crippen LogP contribution in [0.5, 0.6) is 0 Å². The molecule has 2 N–H and O–H groups in total. The van der Waals surface area contributed by atoms with Crippen molar-refractivity contribution in [1.82, 2.24) is 9.97 Å². The van der Waals surface area contributed by atoms with E-state index in [1.165, 1.54) is 0 Å². The van der Waals surface area contributed by atoms with Gasteiger partial charge in [0.15, 0.2) is 5.82 Å². The molecule has 0 aromatic carbocycles. The van der Waals surface area contributed by atoms with Crippen molar-refractivity contribution in [2.75, 3.05) is 10.6 Å². The summed E-state index contributed by atoms with van der Waals surface area (Å²) in [7, 11) is 0. The van der Waals surface area contributed by atoms with Gasteiger partial charge in [0.25, 0.3) is 5.91 Å². The zero-order chi connectivity index (χ0) is 15.0. The molecule has 1 aliphatic heterocycles. The van der Waals surface area contributed by atoms with Gasteiger partial charge < -0.3 is 10.6 Å². The Bertz CT molecular complexity index is 709. The first-order valence-electron chi connectivity index (χ1n) is 7.16. The lowest BCUT2D eigenvalue weighted by Gasteiger charge is -2.11. The first-order valence-corrected chi connectivity index (χ1v) is 7.16. The molecule has 3 rings (SSSR count). The highest BCUT2D eigenvalue weighted by molar-refractivity contribution is 6.11. The summed E-state index contributed by atoms with van der Waals surface area (Å²) >= 11 is 0. The van der Waals surface area contributed by atoms with Gasteiger partial charge >= 0.3 is 0 Å². The summed E-state index contributed by atoms with van der Waals surface area (Å²) in [5.74, 6) is 1.40. The summed E-state index contributed by atoms with van der Waals surface area (Å²) in [6, 6.07) is 5.65. The van der Waals surface area contributed by atoms with E-state index in [1.54, 1.807) is 6.07 Å². The topological polar surface area (TPSA) is 66.9 Å². The number of aromatic nitrogens is 2. The molecular formula is C16H18N4O. The molecule has 1 amide bonds. The molecule has 0 saturated heterocycles. The normalized spacial score (nSPS) is 13.0. The Kier molecular flexibility index (Phi) is 3.33. The smallest absolute Gasteiger partial charge is 0.259 e. The SMILES string of the molecule is CCc1ccc2c(n1)Nc1ncc(C(C)C)cc1NC2=O. The fourth-order valence-corrected chi connectivity index (χ4v) is 2.27. The maximum atomic E-state index is 12.3. The van der Waals surface area contributed by atoms with E-state index < -0.39 is 0 Å². The number of anilines is 3. The van der Waals surface area contributed by atoms with Gasteiger partial charge in [0, 0.05) is 11.9 Å². The number of aryl methyl sites for hydroxylation is 1. The minimum absolute atomic E-state index is 0.158. The number of fused-ring (bicyclic) bond motifs is 2. The Morgan fingerprint density at radius 2 is 2.00 bits per heavy atom. The minimum Gasteiger partial charge on any atom is -0.323 e. The van der Waals surface area contributed by atoms with E-state index in [0.717, 1.165) is 17.7 Å². The Balaban J connectivity index is 2.08. The van der Waals surface area contributed by atoms with Gasteiger partial charge in [-0.1, -0.05) is 20.8 Å². The van der Waals surface area contributed by atoms with Crippen LogP contribution in [0.1, 0.15) is 48.3 Å². The van der Waals surface area contributed by atoms with Gasteiger partial charge in [-0.2, -0.15) is 0 Å². The third-order valence-electron chi connectivity index (χ3n) is 3.62. The van der Waals surface area contributed by atoms with E-state index in [9.17, 15) is 4.79 Å². The van der Waals surface area contributed by atoms with E-state index in [-0.39, 0.29) is 5.91 Å². The lowest BCUT2D eigenvalue weighted by Crippen LogP contribution is -2.11. The largest absolute Gasteiger partial charge is 0.323 e. The second-order valence-corrected chi connectivity index (χ2v) is 5.45. The van der Waals surface area contributed by atoms with Crippen molar-refractivity contribution >= 4 is 23.2 Å². The van der Waals surface area contributed by atoms with Gasteiger partial charge in [-0.25, -0.2) is 9.97 Å². The van der Waals surface area contributed by atoms with E-state index in [1.807, 2.05) is 25.3 Å². The molecule has 0 unspecified atom stereocenters. The van der Waals surface area contributed by atoms with Crippen molar-refractivity contribution in [3.05, 3.63) is 41.2 Å². The van der Waals surface area contributed by atoms with E-state index in [4.69, 9.17) is 0 Å². The predicted molar refractivity (Wildman–Crippen MR) is 83.2 cm³/mol. The molecule has 108 valence electrons. The molecule has 5 nitrogen and oxygen atoms in total. The number of carbonyl (C=O) groups excluding carboxylic acids is 1. The van der Waals surface area contributed by atoms with Crippen LogP contribution in [0.4, 0.5) is 17.3 Å². The molecule has 0 atom stereocenters. The number of amides is 1. The van der Waals surface area contributed by atoms with E-state index >= 15 is 0 Å². The van der Waals surface area contributed by atoms with Crippen molar-refractivity contribution in [2.24, 2.45) is 0 Å². The average Bonchev–Trinajstić information content (AvgIpc) is 2.61. The van der Waals surface area contributed by atoms with Gasteiger partial charge in [-0.15, -0.1) is 0 Å². The summed E-state index contributed by atoms with van der Waals surface area (Å²) in [4.78, 5) is 21.2. The standard InChI is InChI=1S/C16H18N4O/c1-4-11-5-6-12-14(18-11)20-15-13(19-16(12)21)7-10(8-17-15)9(2)3/h5-9H,4H2,1-3H3,(H,19,21)(H,17,18,20). The number of carbonyl (C=O) groups is 1. The molecule has 2 aromatic rings. The third kappa shape index (κ3) is 2.46. The summed E-state index contributed by atoms with van der Waals surface area (Å²) in [6.07, 6.45) is 2.65. The predicted octanol–water partition coefficient (Wildman–Crippen LogP) is 3.47. The average molecular weight is 282 g/mol. The molecule has 0 spiro atoms. The Hall–Kier alpha value is -2.43. The fraction of sp³-hybridized carbons (Fsp3) is 0.312. The van der Waals surface area contributed by atoms with Crippen LogP contribution in [0, 0.1) is 0 Å². The summed E-state index contributed by atoms with van der Waals surface area (Å²) in [5.41, 5.74) is 3.26. The zero-order valence-corrected chi connectivity index (χ0v) is 12.4. The van der Waals surface area contributed by atoms with Gasteiger partial charge in [0.2, 0.25) is 0 Å². The van der Waals surface area contributed by atoms with Crippen molar-refractivity contribution in [3.8, 4) is 0 Å². The summed E-state index contributed by atoms with van der Waals surface area (Å²) in [5, 5.41) is 6.08. The molecular weight excluding hydrogens is 264 g/mol. The lowest BCUT2D eigenvalue weighted by molar-refractivity contribution is 0.102. The van der Waals surface area contributed by atoms with Gasteiger partial charge in [0.05, 0.1) is 11.3 Å². The molecule has 2 aromatic heterocycles. The lowest BCUT2D eigenvalue weighted by atomic mass is 10.1. The number of nitrogens with zero attached hydrogens (tertiary/aromatic N) is 2. The van der Waals surface area contributed by atoms with Gasteiger partial charge in [-0.05, 0) is 36.1 Å². The highest BCUT2D eigenvalue weighted by atomic mass is 16.1. The maximum Gasteiger partial charge on any atom is 0.259 e. The number of hydrogen-bond acceptors (Lipinski definition) is 4. The summed E-state index contributed by atoms with van der Waals surface area (Å²) in [6.45, 7) is 6.23. The minimum atomic E-state index is -0.158. The van der Waals surface area contributed by atoms with Crippen LogP contribution in [0.2, 0.25) is 0 Å². The van der Waals surface area contributed by atoms with Crippen molar-refractivity contribution in [1.29, 1.82) is 0 Å². The quantitative estimate of drug-likeness (QED) is 0.885. The van der Waals surface area contributed by atoms with Crippen molar-refractivity contribution in [2.45, 2.75) is 33.1 Å². The molecule has 21 heavy (non-hydrogen) atoms. The molecule has 0 radical (unpaired) electrons. The maximum absolute atomic E-state index is 12.3. The fourth-order valence-electron chi connectivity index (χ4n) is 2.27. The zero-order valence-electron chi connectivity index (χ0n) is 12.4. The third-order valence-corrected chi connectivity index (χ3v) is 3.62. The van der Waals surface area contributed by atoms with Crippen LogP contribution >= 0.6 is 0 Å². The van der Waals surface area contributed by atoms with Crippen LogP contribution in [0.25, 0.3) is 0 Å². The molecule has 0 fully saturated rings. The van der Waals surface area contributed by atoms with Crippen molar-refractivity contribution < 1.29 is 4.79 Å². The Labute approximate surface area is 123 Å². The number of hydrogen-bond donors (Lipinski definition) is 2. The van der Waals surface area contributed by atoms with Crippen LogP contribution < -0.4 is 10.6 Å². The van der Waals surface area contributed by atoms with Crippen LogP contribution in [-0.2, 0) is 6.42 Å². The highest BCUT2D eigenvalue weighted by Crippen LogP contribution is 2.31. The second-order valence-electron chi connectivity index (χ2n) is 5.45. The van der Waals surface area contributed by atoms with E-state index in [0.29, 0.717) is 28.8 Å². The summed E-state index contributed by atoms with van der Waals surface area (Å²) < 4.78 is 0. The van der Waals surface area contributed by atoms with Crippen molar-refractivity contribution in [3.63, 3.8) is 0 Å². The van der Waals surface area contributed by atoms with Crippen LogP contribution in [0.15, 0.2) is 24.4 Å². The van der Waals surface area contributed by atoms with E-state index in [2.05, 4.69) is 34.4 Å². The second kappa shape index (κ2) is 5.16. The molecule has 5 heteroatoms. The number of pyridine rings is 2. The Morgan fingerprint density at radius 3 is 2.71 bits per heavy atom. The number of rotatable bonds is 2. The van der Waals surface area contributed by atoms with Gasteiger partial charge in [0.1, 0.15) is 5.82 Å². The van der Waals surface area contributed by atoms with Crippen LogP contribution in [0.3, 0.4) is 0 Å². The molecule has 3 heterocycles. The van der Waals surface area contributed by atoms with Crippen LogP contribution in [-0.4, -0.2) is 15.9 Å².